The Morgan fingerprint density at radius 1 is 1.16 bits per heavy atom. The van der Waals surface area contributed by atoms with E-state index in [9.17, 15) is 9.59 Å². The number of likely N-dealkylation sites (tertiary alicyclic amines) is 1. The molecule has 1 aliphatic rings. The lowest BCUT2D eigenvalue weighted by atomic mass is 10.0. The van der Waals surface area contributed by atoms with E-state index in [4.69, 9.17) is 21.3 Å². The molecular weight excluding hydrogens is 446 g/mol. The van der Waals surface area contributed by atoms with E-state index < -0.39 is 0 Å². The topological polar surface area (TPSA) is 71.5 Å². The van der Waals surface area contributed by atoms with Crippen LogP contribution in [0, 0.1) is 0 Å². The second-order valence-electron chi connectivity index (χ2n) is 7.51. The molecule has 1 saturated heterocycles. The zero-order valence-electron chi connectivity index (χ0n) is 17.7. The molecule has 6 nitrogen and oxygen atoms in total. The average Bonchev–Trinajstić information content (AvgIpc) is 2.80. The first-order chi connectivity index (χ1) is 15.5. The van der Waals surface area contributed by atoms with Gasteiger partial charge in [-0.05, 0) is 56.2 Å². The second-order valence-corrected chi connectivity index (χ2v) is 9.05. The van der Waals surface area contributed by atoms with Crippen LogP contribution in [0.4, 0.5) is 4.79 Å². The smallest absolute Gasteiger partial charge is 0.409 e. The van der Waals surface area contributed by atoms with Crippen molar-refractivity contribution < 1.29 is 14.3 Å². The average molecular weight is 470 g/mol. The molecule has 166 valence electrons. The van der Waals surface area contributed by atoms with Crippen molar-refractivity contribution in [1.29, 1.82) is 0 Å². The van der Waals surface area contributed by atoms with Gasteiger partial charge in [0.2, 0.25) is 0 Å². The monoisotopic (exact) mass is 469 g/mol. The number of hydrogen-bond acceptors (Lipinski definition) is 5. The summed E-state index contributed by atoms with van der Waals surface area (Å²) in [6.07, 6.45) is 1.10. The van der Waals surface area contributed by atoms with Gasteiger partial charge in [-0.15, -0.1) is 0 Å². The number of halogens is 1. The summed E-state index contributed by atoms with van der Waals surface area (Å²) in [5.41, 5.74) is 1.37. The van der Waals surface area contributed by atoms with Crippen molar-refractivity contribution >= 4 is 46.3 Å². The van der Waals surface area contributed by atoms with Gasteiger partial charge >= 0.3 is 6.09 Å². The summed E-state index contributed by atoms with van der Waals surface area (Å²) in [4.78, 5) is 32.5. The van der Waals surface area contributed by atoms with Crippen LogP contribution in [-0.2, 0) is 4.74 Å². The van der Waals surface area contributed by atoms with E-state index in [0.717, 1.165) is 20.8 Å². The number of rotatable bonds is 5. The fourth-order valence-corrected chi connectivity index (χ4v) is 4.66. The van der Waals surface area contributed by atoms with Crippen molar-refractivity contribution in [1.82, 2.24) is 15.2 Å². The molecule has 1 aromatic heterocycles. The number of carbonyl (C=O) groups excluding carboxylic acids is 2. The maximum Gasteiger partial charge on any atom is 0.409 e. The Hall–Kier alpha value is -2.77. The highest BCUT2D eigenvalue weighted by molar-refractivity contribution is 7.99. The van der Waals surface area contributed by atoms with Gasteiger partial charge < -0.3 is 15.0 Å². The summed E-state index contributed by atoms with van der Waals surface area (Å²) < 4.78 is 5.07. The molecule has 2 amide bonds. The summed E-state index contributed by atoms with van der Waals surface area (Å²) in [6.45, 7) is 3.29. The number of fused-ring (bicyclic) bond motifs is 1. The fraction of sp³-hybridized carbons (Fsp3) is 0.292. The normalized spacial score (nSPS) is 14.4. The highest BCUT2D eigenvalue weighted by Crippen LogP contribution is 2.30. The first kappa shape index (κ1) is 22.4. The number of amides is 2. The third kappa shape index (κ3) is 5.34. The molecule has 0 radical (unpaired) electrons. The highest BCUT2D eigenvalue weighted by Gasteiger charge is 2.25. The van der Waals surface area contributed by atoms with Gasteiger partial charge in [-0.2, -0.15) is 0 Å². The maximum absolute atomic E-state index is 13.2. The molecule has 3 aromatic rings. The maximum atomic E-state index is 13.2. The van der Waals surface area contributed by atoms with Crippen LogP contribution in [0.15, 0.2) is 64.5 Å². The number of para-hydroxylation sites is 1. The molecule has 0 saturated carbocycles. The van der Waals surface area contributed by atoms with E-state index in [1.807, 2.05) is 54.6 Å². The first-order valence-corrected chi connectivity index (χ1v) is 11.8. The fourth-order valence-electron chi connectivity index (χ4n) is 3.70. The molecule has 0 atom stereocenters. The second kappa shape index (κ2) is 10.2. The summed E-state index contributed by atoms with van der Waals surface area (Å²) >= 11 is 7.48. The molecule has 8 heteroatoms. The van der Waals surface area contributed by atoms with Crippen molar-refractivity contribution in [3.8, 4) is 0 Å². The molecule has 0 unspecified atom stereocenters. The minimum Gasteiger partial charge on any atom is -0.450 e. The number of aromatic nitrogens is 1. The van der Waals surface area contributed by atoms with Gasteiger partial charge in [0.15, 0.2) is 0 Å². The molecule has 0 aliphatic carbocycles. The van der Waals surface area contributed by atoms with Crippen molar-refractivity contribution in [2.24, 2.45) is 0 Å². The quantitative estimate of drug-likeness (QED) is 0.542. The zero-order chi connectivity index (χ0) is 22.5. The van der Waals surface area contributed by atoms with E-state index in [1.165, 1.54) is 11.8 Å². The van der Waals surface area contributed by atoms with Crippen LogP contribution in [0.25, 0.3) is 10.9 Å². The van der Waals surface area contributed by atoms with Gasteiger partial charge in [-0.3, -0.25) is 4.79 Å². The van der Waals surface area contributed by atoms with Gasteiger partial charge in [0.1, 0.15) is 5.03 Å². The Labute approximate surface area is 196 Å². The van der Waals surface area contributed by atoms with Crippen molar-refractivity contribution in [3.05, 3.63) is 65.2 Å². The van der Waals surface area contributed by atoms with Crippen molar-refractivity contribution in [2.75, 3.05) is 19.7 Å². The molecule has 0 bridgehead atoms. The van der Waals surface area contributed by atoms with Crippen molar-refractivity contribution in [2.45, 2.75) is 35.7 Å². The van der Waals surface area contributed by atoms with Crippen LogP contribution in [0.5, 0.6) is 0 Å². The molecule has 1 fully saturated rings. The lowest BCUT2D eigenvalue weighted by molar-refractivity contribution is 0.0861. The van der Waals surface area contributed by atoms with E-state index >= 15 is 0 Å². The highest BCUT2D eigenvalue weighted by atomic mass is 35.5. The molecule has 2 aromatic carbocycles. The third-order valence-electron chi connectivity index (χ3n) is 5.33. The van der Waals surface area contributed by atoms with Crippen LogP contribution in [-0.4, -0.2) is 47.6 Å². The predicted molar refractivity (Wildman–Crippen MR) is 126 cm³/mol. The number of hydrogen-bond donors (Lipinski definition) is 1. The Bertz CT molecular complexity index is 1120. The van der Waals surface area contributed by atoms with Crippen LogP contribution in [0.2, 0.25) is 5.02 Å². The van der Waals surface area contributed by atoms with E-state index in [-0.39, 0.29) is 18.0 Å². The standard InChI is InChI=1S/C24H24ClN3O3S/c1-2-31-24(30)28-13-11-17(12-14-28)26-23(29)20-15-22(27-21-6-4-3-5-19(20)21)32-18-9-7-16(25)8-10-18/h3-10,15,17H,2,11-14H2,1H3,(H,26,29). The number of benzene rings is 2. The molecule has 1 aliphatic heterocycles. The number of nitrogens with one attached hydrogen (secondary N) is 1. The predicted octanol–water partition coefficient (Wildman–Crippen LogP) is 5.39. The minimum absolute atomic E-state index is 0.00692. The molecule has 0 spiro atoms. The molecule has 32 heavy (non-hydrogen) atoms. The minimum atomic E-state index is -0.290. The van der Waals surface area contributed by atoms with Gasteiger partial charge in [-0.1, -0.05) is 41.6 Å². The van der Waals surface area contributed by atoms with Gasteiger partial charge in [0.25, 0.3) is 5.91 Å². The number of ether oxygens (including phenoxy) is 1. The van der Waals surface area contributed by atoms with E-state index in [2.05, 4.69) is 5.32 Å². The van der Waals surface area contributed by atoms with Crippen LogP contribution < -0.4 is 5.32 Å². The molecular formula is C24H24ClN3O3S. The third-order valence-corrected chi connectivity index (χ3v) is 6.51. The first-order valence-electron chi connectivity index (χ1n) is 10.6. The van der Waals surface area contributed by atoms with Crippen LogP contribution in [0.3, 0.4) is 0 Å². The van der Waals surface area contributed by atoms with Crippen molar-refractivity contribution in [3.63, 3.8) is 0 Å². The van der Waals surface area contributed by atoms with E-state index in [0.29, 0.717) is 43.1 Å². The van der Waals surface area contributed by atoms with Crippen LogP contribution in [0.1, 0.15) is 30.1 Å². The summed E-state index contributed by atoms with van der Waals surface area (Å²) in [5.74, 6) is -0.129. The Balaban J connectivity index is 1.50. The SMILES string of the molecule is CCOC(=O)N1CCC(NC(=O)c2cc(Sc3ccc(Cl)cc3)nc3ccccc23)CC1. The van der Waals surface area contributed by atoms with Crippen LogP contribution >= 0.6 is 23.4 Å². The van der Waals surface area contributed by atoms with Gasteiger partial charge in [-0.25, -0.2) is 9.78 Å². The van der Waals surface area contributed by atoms with E-state index in [1.54, 1.807) is 11.8 Å². The summed E-state index contributed by atoms with van der Waals surface area (Å²) in [6, 6.07) is 17.0. The molecule has 4 rings (SSSR count). The lowest BCUT2D eigenvalue weighted by Gasteiger charge is -2.31. The van der Waals surface area contributed by atoms with Gasteiger partial charge in [0.05, 0.1) is 17.7 Å². The van der Waals surface area contributed by atoms with Gasteiger partial charge in [0, 0.05) is 34.4 Å². The summed E-state index contributed by atoms with van der Waals surface area (Å²) in [5, 5.41) is 5.38. The largest absolute Gasteiger partial charge is 0.450 e. The molecule has 1 N–H and O–H groups in total. The zero-order valence-corrected chi connectivity index (χ0v) is 19.3. The summed E-state index contributed by atoms with van der Waals surface area (Å²) in [7, 11) is 0. The number of pyridine rings is 1. The Morgan fingerprint density at radius 2 is 1.88 bits per heavy atom. The lowest BCUT2D eigenvalue weighted by Crippen LogP contribution is -2.46. The Morgan fingerprint density at radius 3 is 2.59 bits per heavy atom. The number of nitrogens with zero attached hydrogens (tertiary/aromatic N) is 2. The number of carbonyl (C=O) groups is 2. The molecule has 2 heterocycles. The number of piperidine rings is 1. The Kier molecular flexibility index (Phi) is 7.17.